The predicted octanol–water partition coefficient (Wildman–Crippen LogP) is 4.06. The van der Waals surface area contributed by atoms with Crippen LogP contribution < -0.4 is 5.32 Å². The van der Waals surface area contributed by atoms with Crippen LogP contribution in [-0.2, 0) is 0 Å². The zero-order chi connectivity index (χ0) is 16.5. The fourth-order valence-corrected chi connectivity index (χ4v) is 4.06. The Balaban J connectivity index is 2.24. The van der Waals surface area contributed by atoms with Crippen LogP contribution in [0.3, 0.4) is 0 Å². The lowest BCUT2D eigenvalue weighted by molar-refractivity contribution is 0.184. The predicted molar refractivity (Wildman–Crippen MR) is 87.0 cm³/mol. The molecule has 2 atom stereocenters. The molecule has 1 fully saturated rings. The van der Waals surface area contributed by atoms with Gasteiger partial charge < -0.3 is 5.32 Å². The number of amides is 2. The lowest BCUT2D eigenvalue weighted by Gasteiger charge is -2.29. The third kappa shape index (κ3) is 3.20. The number of carbonyl (C=O) groups excluding carboxylic acids is 1. The Bertz CT molecular complexity index is 594. The van der Waals surface area contributed by atoms with Gasteiger partial charge in [-0.1, -0.05) is 13.8 Å². The van der Waals surface area contributed by atoms with Gasteiger partial charge in [0, 0.05) is 10.4 Å². The zero-order valence-corrected chi connectivity index (χ0v) is 13.9. The number of nitrogens with one attached hydrogen (secondary N) is 1. The van der Waals surface area contributed by atoms with E-state index in [4.69, 9.17) is 0 Å². The second-order valence-electron chi connectivity index (χ2n) is 6.23. The van der Waals surface area contributed by atoms with Crippen LogP contribution in [0.4, 0.5) is 14.9 Å². The standard InChI is InChI=1S/C16H20FN3OS/c1-10(2)14-20(13(9-18)16(3,4)22-14)15(21)19-12-7-5-11(17)6-8-12/h5-8,10,13-14H,1-4H3,(H,19,21). The van der Waals surface area contributed by atoms with Gasteiger partial charge in [0.15, 0.2) is 0 Å². The van der Waals surface area contributed by atoms with E-state index in [1.807, 2.05) is 27.7 Å². The summed E-state index contributed by atoms with van der Waals surface area (Å²) in [5, 5.41) is 12.2. The molecule has 22 heavy (non-hydrogen) atoms. The summed E-state index contributed by atoms with van der Waals surface area (Å²) in [6.45, 7) is 8.02. The van der Waals surface area contributed by atoms with Crippen LogP contribution in [0, 0.1) is 23.1 Å². The molecule has 1 N–H and O–H groups in total. The van der Waals surface area contributed by atoms with Crippen molar-refractivity contribution in [2.45, 2.75) is 43.9 Å². The molecule has 0 bridgehead atoms. The molecule has 1 aliphatic heterocycles. The van der Waals surface area contributed by atoms with Gasteiger partial charge in [0.25, 0.3) is 0 Å². The SMILES string of the molecule is CC(C)C1SC(C)(C)C(C#N)N1C(=O)Nc1ccc(F)cc1. The maximum Gasteiger partial charge on any atom is 0.323 e. The molecule has 2 unspecified atom stereocenters. The average molecular weight is 321 g/mol. The Morgan fingerprint density at radius 3 is 2.50 bits per heavy atom. The maximum absolute atomic E-state index is 12.9. The highest BCUT2D eigenvalue weighted by atomic mass is 32.2. The summed E-state index contributed by atoms with van der Waals surface area (Å²) in [7, 11) is 0. The summed E-state index contributed by atoms with van der Waals surface area (Å²) in [6.07, 6.45) is 0. The number of urea groups is 1. The van der Waals surface area contributed by atoms with Gasteiger partial charge in [-0.3, -0.25) is 4.90 Å². The number of carbonyl (C=O) groups is 1. The molecule has 0 aliphatic carbocycles. The van der Waals surface area contributed by atoms with Crippen LogP contribution in [0.5, 0.6) is 0 Å². The van der Waals surface area contributed by atoms with Crippen LogP contribution in [-0.4, -0.2) is 27.1 Å². The molecule has 2 rings (SSSR count). The van der Waals surface area contributed by atoms with Crippen LogP contribution >= 0.6 is 11.8 Å². The monoisotopic (exact) mass is 321 g/mol. The van der Waals surface area contributed by atoms with Gasteiger partial charge >= 0.3 is 6.03 Å². The Morgan fingerprint density at radius 1 is 1.41 bits per heavy atom. The first-order valence-electron chi connectivity index (χ1n) is 7.18. The van der Waals surface area contributed by atoms with Crippen molar-refractivity contribution >= 4 is 23.5 Å². The van der Waals surface area contributed by atoms with Gasteiger partial charge in [0.05, 0.1) is 11.4 Å². The number of hydrogen-bond donors (Lipinski definition) is 1. The molecule has 1 aromatic rings. The van der Waals surface area contributed by atoms with E-state index in [1.54, 1.807) is 16.7 Å². The Kier molecular flexibility index (Phi) is 4.66. The van der Waals surface area contributed by atoms with Crippen LogP contribution in [0.25, 0.3) is 0 Å². The van der Waals surface area contributed by atoms with E-state index < -0.39 is 6.04 Å². The zero-order valence-electron chi connectivity index (χ0n) is 13.1. The molecule has 6 heteroatoms. The highest BCUT2D eigenvalue weighted by Gasteiger charge is 2.50. The van der Waals surface area contributed by atoms with Crippen LogP contribution in [0.15, 0.2) is 24.3 Å². The number of hydrogen-bond acceptors (Lipinski definition) is 3. The highest BCUT2D eigenvalue weighted by molar-refractivity contribution is 8.01. The first-order valence-corrected chi connectivity index (χ1v) is 8.06. The molecule has 2 amide bonds. The van der Waals surface area contributed by atoms with Crippen molar-refractivity contribution in [3.8, 4) is 6.07 Å². The van der Waals surface area contributed by atoms with Gasteiger partial charge in [0.1, 0.15) is 11.9 Å². The summed E-state index contributed by atoms with van der Waals surface area (Å²) in [5.41, 5.74) is 0.514. The van der Waals surface area contributed by atoms with Crippen molar-refractivity contribution in [2.24, 2.45) is 5.92 Å². The first-order chi connectivity index (χ1) is 10.3. The summed E-state index contributed by atoms with van der Waals surface area (Å²) in [6, 6.07) is 7.01. The molecule has 0 saturated carbocycles. The molecule has 1 aromatic carbocycles. The summed E-state index contributed by atoms with van der Waals surface area (Å²) < 4.78 is 12.6. The van der Waals surface area contributed by atoms with E-state index in [0.717, 1.165) is 0 Å². The quantitative estimate of drug-likeness (QED) is 0.893. The van der Waals surface area contributed by atoms with Gasteiger partial charge in [-0.25, -0.2) is 9.18 Å². The molecule has 4 nitrogen and oxygen atoms in total. The second kappa shape index (κ2) is 6.17. The third-order valence-electron chi connectivity index (χ3n) is 3.66. The molecule has 1 aliphatic rings. The number of rotatable bonds is 2. The molecule has 1 saturated heterocycles. The van der Waals surface area contributed by atoms with E-state index >= 15 is 0 Å². The van der Waals surface area contributed by atoms with Crippen molar-refractivity contribution in [3.05, 3.63) is 30.1 Å². The van der Waals surface area contributed by atoms with Gasteiger partial charge in [0.2, 0.25) is 0 Å². The molecular formula is C16H20FN3OS. The number of nitriles is 1. The number of thioether (sulfide) groups is 1. The number of benzene rings is 1. The molecule has 0 spiro atoms. The van der Waals surface area contributed by atoms with Gasteiger partial charge in [-0.15, -0.1) is 11.8 Å². The van der Waals surface area contributed by atoms with E-state index in [1.165, 1.54) is 24.3 Å². The minimum Gasteiger partial charge on any atom is -0.308 e. The number of halogens is 1. The minimum absolute atomic E-state index is 0.0694. The van der Waals surface area contributed by atoms with Crippen molar-refractivity contribution in [2.75, 3.05) is 5.32 Å². The fourth-order valence-electron chi connectivity index (χ4n) is 2.54. The smallest absolute Gasteiger partial charge is 0.308 e. The first kappa shape index (κ1) is 16.6. The molecule has 1 heterocycles. The van der Waals surface area contributed by atoms with Gasteiger partial charge in [-0.05, 0) is 44.0 Å². The summed E-state index contributed by atoms with van der Waals surface area (Å²) >= 11 is 1.64. The molecule has 118 valence electrons. The van der Waals surface area contributed by atoms with E-state index in [9.17, 15) is 14.4 Å². The lowest BCUT2D eigenvalue weighted by atomic mass is 10.0. The molecule has 0 radical (unpaired) electrons. The summed E-state index contributed by atoms with van der Waals surface area (Å²) in [4.78, 5) is 14.2. The molecular weight excluding hydrogens is 301 g/mol. The van der Waals surface area contributed by atoms with Crippen molar-refractivity contribution in [1.29, 1.82) is 5.26 Å². The maximum atomic E-state index is 12.9. The van der Waals surface area contributed by atoms with E-state index in [2.05, 4.69) is 11.4 Å². The minimum atomic E-state index is -0.509. The third-order valence-corrected chi connectivity index (χ3v) is 5.50. The Hall–Kier alpha value is -1.74. The number of anilines is 1. The van der Waals surface area contributed by atoms with Gasteiger partial charge in [-0.2, -0.15) is 5.26 Å². The van der Waals surface area contributed by atoms with Crippen molar-refractivity contribution in [1.82, 2.24) is 4.90 Å². The highest BCUT2D eigenvalue weighted by Crippen LogP contribution is 2.46. The van der Waals surface area contributed by atoms with E-state index in [0.29, 0.717) is 5.69 Å². The number of nitrogens with zero attached hydrogens (tertiary/aromatic N) is 2. The van der Waals surface area contributed by atoms with Crippen LogP contribution in [0.1, 0.15) is 27.7 Å². The summed E-state index contributed by atoms with van der Waals surface area (Å²) in [5.74, 6) is -0.132. The lowest BCUT2D eigenvalue weighted by Crippen LogP contribution is -2.48. The fraction of sp³-hybridized carbons (Fsp3) is 0.500. The van der Waals surface area contributed by atoms with E-state index in [-0.39, 0.29) is 27.9 Å². The Morgan fingerprint density at radius 2 is 2.00 bits per heavy atom. The topological polar surface area (TPSA) is 56.1 Å². The molecule has 0 aromatic heterocycles. The average Bonchev–Trinajstić information content (AvgIpc) is 2.72. The Labute approximate surface area is 134 Å². The van der Waals surface area contributed by atoms with Crippen LogP contribution in [0.2, 0.25) is 0 Å². The van der Waals surface area contributed by atoms with Crippen molar-refractivity contribution in [3.63, 3.8) is 0 Å². The normalized spacial score (nSPS) is 23.4. The van der Waals surface area contributed by atoms with Crippen molar-refractivity contribution < 1.29 is 9.18 Å². The largest absolute Gasteiger partial charge is 0.323 e. The second-order valence-corrected chi connectivity index (χ2v) is 8.00.